The van der Waals surface area contributed by atoms with Crippen molar-refractivity contribution in [2.45, 2.75) is 31.7 Å². The van der Waals surface area contributed by atoms with E-state index in [1.54, 1.807) is 12.1 Å². The Morgan fingerprint density at radius 3 is 2.68 bits per heavy atom. The van der Waals surface area contributed by atoms with Crippen LogP contribution in [-0.2, 0) is 22.4 Å². The lowest BCUT2D eigenvalue weighted by molar-refractivity contribution is -0.141. The monoisotopic (exact) mass is 517 g/mol. The Morgan fingerprint density at radius 1 is 1.11 bits per heavy atom. The molecular weight excluding hydrogens is 489 g/mol. The standard InChI is InChI=1S/C29H28FN3O5/c1-37-27(34)18-26(19-4-7-22(30)8-5-19)32-15-12-21-17-24(10-11-25(21)32)38-16-13-23-9-6-20-3-2-14-33(29(35)36)28(20)31-23/h4-12,15,17,26H,2-3,13-14,16,18H2,1H3,(H,35,36). The summed E-state index contributed by atoms with van der Waals surface area (Å²) in [6, 6.07) is 17.3. The van der Waals surface area contributed by atoms with Crippen molar-refractivity contribution in [2.24, 2.45) is 0 Å². The van der Waals surface area contributed by atoms with Crippen LogP contribution in [0.5, 0.6) is 5.75 Å². The number of pyridine rings is 1. The number of amides is 1. The molecular formula is C29H28FN3O5. The minimum absolute atomic E-state index is 0.108. The lowest BCUT2D eigenvalue weighted by Crippen LogP contribution is -2.35. The van der Waals surface area contributed by atoms with Gasteiger partial charge in [0.2, 0.25) is 0 Å². The lowest BCUT2D eigenvalue weighted by Gasteiger charge is -2.26. The molecule has 1 aliphatic rings. The molecule has 5 rings (SSSR count). The molecule has 8 nitrogen and oxygen atoms in total. The number of halogens is 1. The molecule has 0 saturated carbocycles. The molecule has 1 atom stereocenters. The summed E-state index contributed by atoms with van der Waals surface area (Å²) < 4.78 is 26.4. The number of anilines is 1. The average Bonchev–Trinajstić information content (AvgIpc) is 3.34. The third-order valence-corrected chi connectivity index (χ3v) is 6.83. The molecule has 9 heteroatoms. The van der Waals surface area contributed by atoms with Crippen LogP contribution < -0.4 is 9.64 Å². The molecule has 0 spiro atoms. The molecule has 1 amide bonds. The van der Waals surface area contributed by atoms with Crippen LogP contribution in [0.3, 0.4) is 0 Å². The van der Waals surface area contributed by atoms with E-state index in [-0.39, 0.29) is 24.2 Å². The van der Waals surface area contributed by atoms with Crippen molar-refractivity contribution in [1.29, 1.82) is 0 Å². The first-order valence-corrected chi connectivity index (χ1v) is 12.5. The molecule has 0 bridgehead atoms. The summed E-state index contributed by atoms with van der Waals surface area (Å²) in [6.07, 6.45) is 3.17. The van der Waals surface area contributed by atoms with Gasteiger partial charge in [0.15, 0.2) is 0 Å². The van der Waals surface area contributed by atoms with Crippen molar-refractivity contribution in [3.63, 3.8) is 0 Å². The fraction of sp³-hybridized carbons (Fsp3) is 0.276. The highest BCUT2D eigenvalue weighted by atomic mass is 19.1. The van der Waals surface area contributed by atoms with Gasteiger partial charge in [0.1, 0.15) is 17.4 Å². The van der Waals surface area contributed by atoms with E-state index in [9.17, 15) is 19.1 Å². The summed E-state index contributed by atoms with van der Waals surface area (Å²) >= 11 is 0. The predicted molar refractivity (Wildman–Crippen MR) is 140 cm³/mol. The van der Waals surface area contributed by atoms with E-state index in [2.05, 4.69) is 4.98 Å². The van der Waals surface area contributed by atoms with E-state index >= 15 is 0 Å². The number of benzene rings is 2. The maximum absolute atomic E-state index is 13.5. The van der Waals surface area contributed by atoms with Gasteiger partial charge in [-0.15, -0.1) is 0 Å². The SMILES string of the molecule is COC(=O)CC(c1ccc(F)cc1)n1ccc2cc(OCCc3ccc4c(n3)N(C(=O)O)CCC4)ccc21. The van der Waals surface area contributed by atoms with Crippen LogP contribution in [0.4, 0.5) is 15.0 Å². The van der Waals surface area contributed by atoms with E-state index in [1.807, 2.05) is 47.2 Å². The van der Waals surface area contributed by atoms with E-state index in [0.29, 0.717) is 31.1 Å². The Labute approximate surface area is 219 Å². The van der Waals surface area contributed by atoms with Gasteiger partial charge in [-0.3, -0.25) is 9.69 Å². The Hall–Kier alpha value is -4.40. The van der Waals surface area contributed by atoms with E-state index < -0.39 is 6.09 Å². The molecule has 1 aliphatic heterocycles. The van der Waals surface area contributed by atoms with Crippen molar-refractivity contribution < 1.29 is 28.6 Å². The van der Waals surface area contributed by atoms with Gasteiger partial charge in [0.25, 0.3) is 0 Å². The van der Waals surface area contributed by atoms with Crippen molar-refractivity contribution in [2.75, 3.05) is 25.2 Å². The van der Waals surface area contributed by atoms with Crippen LogP contribution in [-0.4, -0.2) is 47.0 Å². The maximum Gasteiger partial charge on any atom is 0.413 e. The van der Waals surface area contributed by atoms with Crippen LogP contribution >= 0.6 is 0 Å². The van der Waals surface area contributed by atoms with Crippen LogP contribution in [0, 0.1) is 5.82 Å². The molecule has 1 unspecified atom stereocenters. The maximum atomic E-state index is 13.5. The van der Waals surface area contributed by atoms with Crippen molar-refractivity contribution >= 4 is 28.8 Å². The van der Waals surface area contributed by atoms with Gasteiger partial charge in [-0.2, -0.15) is 0 Å². The molecule has 0 fully saturated rings. The molecule has 0 radical (unpaired) electrons. The number of fused-ring (bicyclic) bond motifs is 2. The largest absolute Gasteiger partial charge is 0.493 e. The number of carbonyl (C=O) groups is 2. The molecule has 196 valence electrons. The molecule has 3 heterocycles. The minimum Gasteiger partial charge on any atom is -0.493 e. The fourth-order valence-electron chi connectivity index (χ4n) is 4.88. The smallest absolute Gasteiger partial charge is 0.413 e. The van der Waals surface area contributed by atoms with Gasteiger partial charge in [-0.25, -0.2) is 14.2 Å². The first-order valence-electron chi connectivity index (χ1n) is 12.5. The van der Waals surface area contributed by atoms with Crippen molar-refractivity contribution in [1.82, 2.24) is 9.55 Å². The predicted octanol–water partition coefficient (Wildman–Crippen LogP) is 5.38. The van der Waals surface area contributed by atoms with E-state index in [0.717, 1.165) is 40.6 Å². The molecule has 0 aliphatic carbocycles. The van der Waals surface area contributed by atoms with Gasteiger partial charge >= 0.3 is 12.1 Å². The number of carbonyl (C=O) groups excluding carboxylic acids is 1. The normalized spacial score (nSPS) is 13.7. The topological polar surface area (TPSA) is 93.9 Å². The van der Waals surface area contributed by atoms with Crippen LogP contribution in [0.25, 0.3) is 10.9 Å². The molecule has 1 N–H and O–H groups in total. The summed E-state index contributed by atoms with van der Waals surface area (Å²) in [5, 5.41) is 10.4. The van der Waals surface area contributed by atoms with Crippen LogP contribution in [0.2, 0.25) is 0 Å². The highest BCUT2D eigenvalue weighted by Crippen LogP contribution is 2.31. The number of esters is 1. The van der Waals surface area contributed by atoms with Gasteiger partial charge < -0.3 is 19.1 Å². The number of aryl methyl sites for hydroxylation is 1. The molecule has 2 aromatic heterocycles. The number of nitrogens with zero attached hydrogens (tertiary/aromatic N) is 3. The van der Waals surface area contributed by atoms with Crippen LogP contribution in [0.1, 0.15) is 35.7 Å². The number of rotatable bonds is 8. The number of methoxy groups -OCH3 is 1. The fourth-order valence-corrected chi connectivity index (χ4v) is 4.88. The second-order valence-electron chi connectivity index (χ2n) is 9.21. The van der Waals surface area contributed by atoms with E-state index in [4.69, 9.17) is 9.47 Å². The Morgan fingerprint density at radius 2 is 1.92 bits per heavy atom. The molecule has 4 aromatic rings. The summed E-state index contributed by atoms with van der Waals surface area (Å²) in [4.78, 5) is 29.6. The zero-order valence-corrected chi connectivity index (χ0v) is 21.0. The summed E-state index contributed by atoms with van der Waals surface area (Å²) in [5.74, 6) is 0.510. The zero-order valence-electron chi connectivity index (χ0n) is 21.0. The second-order valence-corrected chi connectivity index (χ2v) is 9.21. The average molecular weight is 518 g/mol. The molecule has 38 heavy (non-hydrogen) atoms. The zero-order chi connectivity index (χ0) is 26.6. The van der Waals surface area contributed by atoms with E-state index in [1.165, 1.54) is 24.1 Å². The number of hydrogen-bond donors (Lipinski definition) is 1. The summed E-state index contributed by atoms with van der Waals surface area (Å²) in [5.41, 5.74) is 3.42. The Bertz CT molecular complexity index is 1470. The summed E-state index contributed by atoms with van der Waals surface area (Å²) in [6.45, 7) is 0.836. The number of aromatic nitrogens is 2. The second kappa shape index (κ2) is 10.9. The third-order valence-electron chi connectivity index (χ3n) is 6.83. The van der Waals surface area contributed by atoms with Gasteiger partial charge in [-0.1, -0.05) is 18.2 Å². The number of hydrogen-bond acceptors (Lipinski definition) is 5. The molecule has 2 aromatic carbocycles. The lowest BCUT2D eigenvalue weighted by atomic mass is 10.0. The van der Waals surface area contributed by atoms with Crippen molar-refractivity contribution in [3.05, 3.63) is 89.5 Å². The Kier molecular flexibility index (Phi) is 7.26. The number of carboxylic acid groups (broad SMARTS) is 1. The minimum atomic E-state index is -0.986. The van der Waals surface area contributed by atoms with Crippen molar-refractivity contribution in [3.8, 4) is 5.75 Å². The quantitative estimate of drug-likeness (QED) is 0.316. The van der Waals surface area contributed by atoms with Gasteiger partial charge in [0, 0.05) is 35.8 Å². The highest BCUT2D eigenvalue weighted by molar-refractivity contribution is 5.86. The van der Waals surface area contributed by atoms with Crippen LogP contribution in [0.15, 0.2) is 66.9 Å². The molecule has 0 saturated heterocycles. The van der Waals surface area contributed by atoms with Gasteiger partial charge in [-0.05, 0) is 66.4 Å². The van der Waals surface area contributed by atoms with Gasteiger partial charge in [0.05, 0.1) is 26.2 Å². The summed E-state index contributed by atoms with van der Waals surface area (Å²) in [7, 11) is 1.35. The Balaban J connectivity index is 1.31. The first-order chi connectivity index (χ1) is 18.4. The highest BCUT2D eigenvalue weighted by Gasteiger charge is 2.24. The first kappa shape index (κ1) is 25.3. The third kappa shape index (κ3) is 5.32. The number of ether oxygens (including phenoxy) is 2.